The Morgan fingerprint density at radius 3 is 2.88 bits per heavy atom. The summed E-state index contributed by atoms with van der Waals surface area (Å²) in [6.07, 6.45) is 4.32. The lowest BCUT2D eigenvalue weighted by molar-refractivity contribution is -0.0835. The van der Waals surface area contributed by atoms with E-state index in [9.17, 15) is 0 Å². The zero-order valence-electron chi connectivity index (χ0n) is 16.8. The Balaban J connectivity index is 1.90. The van der Waals surface area contributed by atoms with E-state index in [-0.39, 0.29) is 11.5 Å². The fraction of sp³-hybridized carbons (Fsp3) is 0.700. The number of aliphatic imine (C=N–C) groups is 1. The molecule has 6 heteroatoms. The van der Waals surface area contributed by atoms with Crippen molar-refractivity contribution >= 4 is 5.96 Å². The number of nitrogens with zero attached hydrogens (tertiary/aromatic N) is 2. The van der Waals surface area contributed by atoms with Gasteiger partial charge in [-0.1, -0.05) is 26.8 Å². The molecule has 1 aromatic rings. The summed E-state index contributed by atoms with van der Waals surface area (Å²) in [7, 11) is 1.79. The van der Waals surface area contributed by atoms with E-state index in [2.05, 4.69) is 41.4 Å². The first-order valence-corrected chi connectivity index (χ1v) is 9.58. The highest BCUT2D eigenvalue weighted by Crippen LogP contribution is 2.33. The molecule has 1 fully saturated rings. The van der Waals surface area contributed by atoms with Crippen LogP contribution in [0.3, 0.4) is 0 Å². The van der Waals surface area contributed by atoms with Crippen molar-refractivity contribution in [2.24, 2.45) is 16.3 Å². The van der Waals surface area contributed by atoms with Crippen molar-refractivity contribution in [3.8, 4) is 5.88 Å². The molecule has 1 saturated heterocycles. The minimum absolute atomic E-state index is 0.145. The lowest BCUT2D eigenvalue weighted by Gasteiger charge is -2.40. The number of aromatic nitrogens is 1. The van der Waals surface area contributed by atoms with E-state index in [0.29, 0.717) is 24.9 Å². The quantitative estimate of drug-likeness (QED) is 0.601. The van der Waals surface area contributed by atoms with E-state index in [4.69, 9.17) is 9.47 Å². The van der Waals surface area contributed by atoms with Crippen molar-refractivity contribution in [1.82, 2.24) is 15.6 Å². The van der Waals surface area contributed by atoms with Crippen molar-refractivity contribution in [2.45, 2.75) is 53.2 Å². The van der Waals surface area contributed by atoms with Crippen molar-refractivity contribution in [2.75, 3.05) is 26.8 Å². The first kappa shape index (κ1) is 20.5. The van der Waals surface area contributed by atoms with Crippen molar-refractivity contribution in [1.29, 1.82) is 0 Å². The molecule has 26 heavy (non-hydrogen) atoms. The van der Waals surface area contributed by atoms with Crippen LogP contribution in [0.1, 0.15) is 46.1 Å². The van der Waals surface area contributed by atoms with Crippen LogP contribution in [0.15, 0.2) is 23.3 Å². The Morgan fingerprint density at radius 2 is 2.19 bits per heavy atom. The maximum Gasteiger partial charge on any atom is 0.218 e. The molecule has 1 aliphatic rings. The Labute approximate surface area is 157 Å². The van der Waals surface area contributed by atoms with Crippen LogP contribution in [-0.2, 0) is 11.3 Å². The second-order valence-electron chi connectivity index (χ2n) is 7.77. The molecule has 146 valence electrons. The van der Waals surface area contributed by atoms with Crippen LogP contribution in [-0.4, -0.2) is 43.9 Å². The van der Waals surface area contributed by atoms with Crippen LogP contribution in [0.2, 0.25) is 0 Å². The maximum absolute atomic E-state index is 6.07. The normalized spacial score (nSPS) is 21.3. The number of pyridine rings is 1. The van der Waals surface area contributed by atoms with Gasteiger partial charge >= 0.3 is 0 Å². The van der Waals surface area contributed by atoms with Crippen LogP contribution < -0.4 is 15.4 Å². The van der Waals surface area contributed by atoms with Crippen LogP contribution >= 0.6 is 0 Å². The monoisotopic (exact) mass is 362 g/mol. The van der Waals surface area contributed by atoms with Crippen molar-refractivity contribution in [3.05, 3.63) is 23.9 Å². The molecule has 1 aliphatic heterocycles. The topological polar surface area (TPSA) is 67.8 Å². The number of guanidine groups is 1. The van der Waals surface area contributed by atoms with E-state index in [0.717, 1.165) is 31.1 Å². The third kappa shape index (κ3) is 5.87. The summed E-state index contributed by atoms with van der Waals surface area (Å²) < 4.78 is 11.6. The molecule has 2 unspecified atom stereocenters. The van der Waals surface area contributed by atoms with E-state index >= 15 is 0 Å². The van der Waals surface area contributed by atoms with Crippen molar-refractivity contribution < 1.29 is 9.47 Å². The summed E-state index contributed by atoms with van der Waals surface area (Å²) in [6.45, 7) is 11.7. The molecule has 0 radical (unpaired) electrons. The zero-order chi connectivity index (χ0) is 19.0. The Bertz CT molecular complexity index is 583. The van der Waals surface area contributed by atoms with Gasteiger partial charge in [-0.15, -0.1) is 0 Å². The summed E-state index contributed by atoms with van der Waals surface area (Å²) in [4.78, 5) is 8.63. The van der Waals surface area contributed by atoms with Crippen LogP contribution in [0.25, 0.3) is 0 Å². The van der Waals surface area contributed by atoms with E-state index in [1.165, 1.54) is 6.42 Å². The van der Waals surface area contributed by atoms with E-state index < -0.39 is 0 Å². The Hall–Kier alpha value is -1.82. The molecule has 2 rings (SSSR count). The molecule has 0 bridgehead atoms. The Morgan fingerprint density at radius 1 is 1.38 bits per heavy atom. The summed E-state index contributed by atoms with van der Waals surface area (Å²) in [5.41, 5.74) is 1.16. The molecule has 2 atom stereocenters. The molecule has 2 N–H and O–H groups in total. The highest BCUT2D eigenvalue weighted by molar-refractivity contribution is 5.79. The zero-order valence-corrected chi connectivity index (χ0v) is 16.8. The highest BCUT2D eigenvalue weighted by atomic mass is 16.5. The first-order chi connectivity index (χ1) is 12.5. The van der Waals surface area contributed by atoms with Gasteiger partial charge in [0.15, 0.2) is 5.96 Å². The van der Waals surface area contributed by atoms with Gasteiger partial charge in [0.2, 0.25) is 5.88 Å². The molecule has 0 aromatic carbocycles. The van der Waals surface area contributed by atoms with Crippen LogP contribution in [0.5, 0.6) is 5.88 Å². The molecule has 2 heterocycles. The number of hydrogen-bond donors (Lipinski definition) is 2. The predicted molar refractivity (Wildman–Crippen MR) is 106 cm³/mol. The van der Waals surface area contributed by atoms with Crippen LogP contribution in [0, 0.1) is 11.3 Å². The summed E-state index contributed by atoms with van der Waals surface area (Å²) >= 11 is 0. The molecule has 0 saturated carbocycles. The van der Waals surface area contributed by atoms with Gasteiger partial charge < -0.3 is 20.1 Å². The molecule has 6 nitrogen and oxygen atoms in total. The minimum Gasteiger partial charge on any atom is -0.478 e. The Kier molecular flexibility index (Phi) is 7.69. The number of nitrogens with one attached hydrogen (secondary N) is 2. The average Bonchev–Trinajstić information content (AvgIpc) is 2.63. The number of rotatable bonds is 6. The lowest BCUT2D eigenvalue weighted by atomic mass is 9.78. The standard InChI is InChI=1S/C20H34N4O2/c1-6-25-18-16(9-7-11-22-18)14-24-19(21-5)23-13-15-10-8-12-26-17(15)20(2,3)4/h7,9,11,15,17H,6,8,10,12-14H2,1-5H3,(H2,21,23,24). The number of ether oxygens (including phenoxy) is 2. The second kappa shape index (κ2) is 9.76. The molecule has 0 aliphatic carbocycles. The summed E-state index contributed by atoms with van der Waals surface area (Å²) in [6, 6.07) is 3.94. The van der Waals surface area contributed by atoms with Gasteiger partial charge in [-0.05, 0) is 31.2 Å². The first-order valence-electron chi connectivity index (χ1n) is 9.58. The van der Waals surface area contributed by atoms with Gasteiger partial charge in [-0.3, -0.25) is 4.99 Å². The minimum atomic E-state index is 0.145. The summed E-state index contributed by atoms with van der Waals surface area (Å²) in [5.74, 6) is 1.95. The van der Waals surface area contributed by atoms with Gasteiger partial charge in [0.05, 0.1) is 12.7 Å². The molecule has 0 amide bonds. The molecule has 1 aromatic heterocycles. The molecular formula is C20H34N4O2. The fourth-order valence-corrected chi connectivity index (χ4v) is 3.46. The van der Waals surface area contributed by atoms with Gasteiger partial charge in [-0.25, -0.2) is 4.98 Å². The van der Waals surface area contributed by atoms with Crippen molar-refractivity contribution in [3.63, 3.8) is 0 Å². The fourth-order valence-electron chi connectivity index (χ4n) is 3.46. The predicted octanol–water partition coefficient (Wildman–Crippen LogP) is 2.99. The molecule has 0 spiro atoms. The maximum atomic E-state index is 6.07. The number of hydrogen-bond acceptors (Lipinski definition) is 4. The smallest absolute Gasteiger partial charge is 0.218 e. The SMILES string of the molecule is CCOc1ncccc1CNC(=NC)NCC1CCCOC1C(C)(C)C. The third-order valence-electron chi connectivity index (χ3n) is 4.63. The van der Waals surface area contributed by atoms with Gasteiger partial charge in [0.25, 0.3) is 0 Å². The van der Waals surface area contributed by atoms with Gasteiger partial charge in [0, 0.05) is 44.4 Å². The third-order valence-corrected chi connectivity index (χ3v) is 4.63. The van der Waals surface area contributed by atoms with Crippen LogP contribution in [0.4, 0.5) is 0 Å². The van der Waals surface area contributed by atoms with E-state index in [1.807, 2.05) is 19.1 Å². The van der Waals surface area contributed by atoms with E-state index in [1.54, 1.807) is 13.2 Å². The second-order valence-corrected chi connectivity index (χ2v) is 7.77. The van der Waals surface area contributed by atoms with Gasteiger partial charge in [-0.2, -0.15) is 0 Å². The lowest BCUT2D eigenvalue weighted by Crippen LogP contribution is -2.47. The van der Waals surface area contributed by atoms with Gasteiger partial charge in [0.1, 0.15) is 0 Å². The largest absolute Gasteiger partial charge is 0.478 e. The average molecular weight is 363 g/mol. The summed E-state index contributed by atoms with van der Waals surface area (Å²) in [5, 5.41) is 6.82. The highest BCUT2D eigenvalue weighted by Gasteiger charge is 2.35. The molecular weight excluding hydrogens is 328 g/mol.